The molecule has 0 radical (unpaired) electrons. The number of rotatable bonds is 4. The molecule has 2 aliphatic heterocycles. The van der Waals surface area contributed by atoms with Gasteiger partial charge < -0.3 is 4.90 Å². The Labute approximate surface area is 144 Å². The lowest BCUT2D eigenvalue weighted by atomic mass is 9.98. The van der Waals surface area contributed by atoms with Gasteiger partial charge in [0.2, 0.25) is 5.91 Å². The number of likely N-dealkylation sites (tertiary alicyclic amines) is 2. The Morgan fingerprint density at radius 3 is 2.71 bits per heavy atom. The molecule has 0 bridgehead atoms. The molecule has 3 nitrogen and oxygen atoms in total. The zero-order valence-electron chi connectivity index (χ0n) is 14.3. The van der Waals surface area contributed by atoms with Gasteiger partial charge in [0.05, 0.1) is 0 Å². The van der Waals surface area contributed by atoms with Gasteiger partial charge in [-0.1, -0.05) is 48.9 Å². The van der Waals surface area contributed by atoms with Gasteiger partial charge in [-0.3, -0.25) is 9.69 Å². The summed E-state index contributed by atoms with van der Waals surface area (Å²) in [6.07, 6.45) is 5.56. The van der Waals surface area contributed by atoms with Crippen molar-refractivity contribution in [3.8, 4) is 0 Å². The van der Waals surface area contributed by atoms with E-state index in [0.29, 0.717) is 11.9 Å². The van der Waals surface area contributed by atoms with E-state index in [-0.39, 0.29) is 0 Å². The number of carbonyl (C=O) groups is 1. The van der Waals surface area contributed by atoms with Crippen LogP contribution in [-0.4, -0.2) is 41.4 Å². The van der Waals surface area contributed by atoms with Crippen LogP contribution in [0.1, 0.15) is 37.7 Å². The van der Waals surface area contributed by atoms with Crippen LogP contribution in [0.5, 0.6) is 0 Å². The molecule has 0 spiro atoms. The van der Waals surface area contributed by atoms with Crippen molar-refractivity contribution in [3.63, 3.8) is 0 Å². The van der Waals surface area contributed by atoms with E-state index >= 15 is 0 Å². The summed E-state index contributed by atoms with van der Waals surface area (Å²) in [5.41, 5.74) is 1.41. The molecule has 2 heterocycles. The van der Waals surface area contributed by atoms with E-state index in [1.54, 1.807) is 0 Å². The number of carbonyl (C=O) groups excluding carboxylic acids is 1. The predicted molar refractivity (Wildman–Crippen MR) is 97.8 cm³/mol. The normalized spacial score (nSPS) is 22.4. The average Bonchev–Trinajstić information content (AvgIpc) is 3.02. The van der Waals surface area contributed by atoms with E-state index in [4.69, 9.17) is 0 Å². The second kappa shape index (κ2) is 6.94. The number of hydrogen-bond donors (Lipinski definition) is 0. The molecule has 126 valence electrons. The highest BCUT2D eigenvalue weighted by molar-refractivity contribution is 5.85. The predicted octanol–water partition coefficient (Wildman–Crippen LogP) is 3.82. The second-order valence-corrected chi connectivity index (χ2v) is 7.20. The summed E-state index contributed by atoms with van der Waals surface area (Å²) in [5, 5.41) is 2.68. The number of nitrogens with zero attached hydrogens (tertiary/aromatic N) is 2. The Bertz CT molecular complexity index is 721. The third-order valence-corrected chi connectivity index (χ3v) is 5.60. The molecule has 2 aromatic carbocycles. The monoisotopic (exact) mass is 322 g/mol. The summed E-state index contributed by atoms with van der Waals surface area (Å²) in [4.78, 5) is 16.7. The van der Waals surface area contributed by atoms with Crippen LogP contribution >= 0.6 is 0 Å². The largest absolute Gasteiger partial charge is 0.341 e. The second-order valence-electron chi connectivity index (χ2n) is 7.20. The van der Waals surface area contributed by atoms with Gasteiger partial charge in [-0.25, -0.2) is 0 Å². The zero-order valence-corrected chi connectivity index (χ0v) is 14.3. The van der Waals surface area contributed by atoms with Crippen LogP contribution in [0.3, 0.4) is 0 Å². The van der Waals surface area contributed by atoms with Crippen molar-refractivity contribution in [3.05, 3.63) is 48.0 Å². The number of hydrogen-bond acceptors (Lipinski definition) is 2. The number of fused-ring (bicyclic) bond motifs is 1. The van der Waals surface area contributed by atoms with Crippen molar-refractivity contribution in [1.29, 1.82) is 0 Å². The molecule has 24 heavy (non-hydrogen) atoms. The molecule has 0 aliphatic carbocycles. The van der Waals surface area contributed by atoms with Crippen LogP contribution in [0.4, 0.5) is 0 Å². The lowest BCUT2D eigenvalue weighted by molar-refractivity contribution is -0.128. The number of piperidine rings is 1. The Morgan fingerprint density at radius 2 is 1.83 bits per heavy atom. The molecule has 3 heteroatoms. The van der Waals surface area contributed by atoms with Gasteiger partial charge >= 0.3 is 0 Å². The van der Waals surface area contributed by atoms with Crippen LogP contribution in [0.2, 0.25) is 0 Å². The Balaban J connectivity index is 1.53. The molecule has 2 aromatic rings. The highest BCUT2D eigenvalue weighted by atomic mass is 16.2. The van der Waals surface area contributed by atoms with E-state index < -0.39 is 0 Å². The number of amides is 1. The summed E-state index contributed by atoms with van der Waals surface area (Å²) in [6, 6.07) is 15.8. The van der Waals surface area contributed by atoms with Gasteiger partial charge in [0, 0.05) is 32.1 Å². The zero-order chi connectivity index (χ0) is 16.4. The maximum Gasteiger partial charge on any atom is 0.222 e. The highest BCUT2D eigenvalue weighted by Crippen LogP contribution is 2.25. The quantitative estimate of drug-likeness (QED) is 0.854. The molecule has 0 saturated carbocycles. The summed E-state index contributed by atoms with van der Waals surface area (Å²) >= 11 is 0. The van der Waals surface area contributed by atoms with Crippen molar-refractivity contribution in [2.45, 2.75) is 44.7 Å². The van der Waals surface area contributed by atoms with Gasteiger partial charge in [-0.15, -0.1) is 0 Å². The first-order chi connectivity index (χ1) is 11.8. The van der Waals surface area contributed by atoms with Gasteiger partial charge in [0.1, 0.15) is 0 Å². The third-order valence-electron chi connectivity index (χ3n) is 5.60. The fraction of sp³-hybridized carbons (Fsp3) is 0.476. The van der Waals surface area contributed by atoms with Gasteiger partial charge in [-0.05, 0) is 42.1 Å². The minimum Gasteiger partial charge on any atom is -0.341 e. The minimum atomic E-state index is 0.352. The standard InChI is InChI=1S/C21H26N2O/c24-21-12-6-14-23(21)16-19-10-3-4-13-22(19)15-18-9-5-8-17-7-1-2-11-20(17)18/h1-2,5,7-9,11,19H,3-4,6,10,12-16H2. The van der Waals surface area contributed by atoms with Crippen molar-refractivity contribution >= 4 is 16.7 Å². The van der Waals surface area contributed by atoms with Crippen LogP contribution in [0.25, 0.3) is 10.8 Å². The molecule has 2 saturated heterocycles. The maximum atomic E-state index is 12.0. The molecule has 1 atom stereocenters. The highest BCUT2D eigenvalue weighted by Gasteiger charge is 2.28. The molecule has 4 rings (SSSR count). The molecule has 1 amide bonds. The van der Waals surface area contributed by atoms with E-state index in [1.807, 2.05) is 0 Å². The Morgan fingerprint density at radius 1 is 0.958 bits per heavy atom. The lowest BCUT2D eigenvalue weighted by Crippen LogP contribution is -2.46. The fourth-order valence-corrected chi connectivity index (χ4v) is 4.28. The van der Waals surface area contributed by atoms with Gasteiger partial charge in [-0.2, -0.15) is 0 Å². The van der Waals surface area contributed by atoms with Crippen molar-refractivity contribution in [2.24, 2.45) is 0 Å². The average molecular weight is 322 g/mol. The van der Waals surface area contributed by atoms with E-state index in [1.165, 1.54) is 35.6 Å². The first-order valence-electron chi connectivity index (χ1n) is 9.30. The minimum absolute atomic E-state index is 0.352. The SMILES string of the molecule is O=C1CCCN1CC1CCCCN1Cc1cccc2ccccc12. The molecule has 0 aromatic heterocycles. The van der Waals surface area contributed by atoms with Crippen molar-refractivity contribution in [2.75, 3.05) is 19.6 Å². The molecule has 2 fully saturated rings. The third kappa shape index (κ3) is 3.18. The van der Waals surface area contributed by atoms with Crippen molar-refractivity contribution < 1.29 is 4.79 Å². The summed E-state index contributed by atoms with van der Waals surface area (Å²) in [5.74, 6) is 0.352. The fourth-order valence-electron chi connectivity index (χ4n) is 4.28. The molecule has 1 unspecified atom stereocenters. The smallest absolute Gasteiger partial charge is 0.222 e. The maximum absolute atomic E-state index is 12.0. The van der Waals surface area contributed by atoms with Gasteiger partial charge in [0.25, 0.3) is 0 Å². The Kier molecular flexibility index (Phi) is 4.52. The molecule has 0 N–H and O–H groups in total. The summed E-state index contributed by atoms with van der Waals surface area (Å²) in [7, 11) is 0. The first-order valence-corrected chi connectivity index (χ1v) is 9.30. The van der Waals surface area contributed by atoms with Crippen LogP contribution in [0.15, 0.2) is 42.5 Å². The van der Waals surface area contributed by atoms with E-state index in [9.17, 15) is 4.79 Å². The molecular formula is C21H26N2O. The summed E-state index contributed by atoms with van der Waals surface area (Å²) in [6.45, 7) is 4.02. The van der Waals surface area contributed by atoms with Crippen LogP contribution < -0.4 is 0 Å². The Hall–Kier alpha value is -1.87. The van der Waals surface area contributed by atoms with E-state index in [0.717, 1.165) is 39.0 Å². The topological polar surface area (TPSA) is 23.6 Å². The van der Waals surface area contributed by atoms with E-state index in [2.05, 4.69) is 52.3 Å². The first kappa shape index (κ1) is 15.6. The molecular weight excluding hydrogens is 296 g/mol. The molecule has 2 aliphatic rings. The van der Waals surface area contributed by atoms with Crippen LogP contribution in [-0.2, 0) is 11.3 Å². The van der Waals surface area contributed by atoms with Gasteiger partial charge in [0.15, 0.2) is 0 Å². The lowest BCUT2D eigenvalue weighted by Gasteiger charge is -2.38. The van der Waals surface area contributed by atoms with Crippen LogP contribution in [0, 0.1) is 0 Å². The van der Waals surface area contributed by atoms with Crippen molar-refractivity contribution in [1.82, 2.24) is 9.80 Å². The number of benzene rings is 2. The summed E-state index contributed by atoms with van der Waals surface area (Å²) < 4.78 is 0.